The quantitative estimate of drug-likeness (QED) is 0.615. The molecule has 1 aromatic carbocycles. The fraction of sp³-hybridized carbons (Fsp3) is 0.500. The van der Waals surface area contributed by atoms with Gasteiger partial charge >= 0.3 is 0 Å². The van der Waals surface area contributed by atoms with E-state index in [9.17, 15) is 23.9 Å². The first-order valence-corrected chi connectivity index (χ1v) is 8.74. The summed E-state index contributed by atoms with van der Waals surface area (Å²) in [7, 11) is 1.46. The molecule has 8 nitrogen and oxygen atoms in total. The molecule has 3 amide bonds. The van der Waals surface area contributed by atoms with E-state index in [1.54, 1.807) is 0 Å². The zero-order chi connectivity index (χ0) is 19.5. The summed E-state index contributed by atoms with van der Waals surface area (Å²) in [6, 6.07) is 3.01. The Bertz CT molecular complexity index is 844. The van der Waals surface area contributed by atoms with Crippen molar-refractivity contribution < 1.29 is 28.6 Å². The van der Waals surface area contributed by atoms with Gasteiger partial charge in [0.15, 0.2) is 0 Å². The molecule has 2 saturated heterocycles. The van der Waals surface area contributed by atoms with Crippen LogP contribution in [0.4, 0.5) is 10.1 Å². The Balaban J connectivity index is 1.86. The summed E-state index contributed by atoms with van der Waals surface area (Å²) in [6.07, 6.45) is -0.999. The van der Waals surface area contributed by atoms with E-state index < -0.39 is 53.1 Å². The first kappa shape index (κ1) is 18.0. The summed E-state index contributed by atoms with van der Waals surface area (Å²) in [5.41, 5.74) is -0.937. The number of likely N-dealkylation sites (tertiary alicyclic amines) is 1. The molecule has 3 heterocycles. The maximum absolute atomic E-state index is 13.9. The van der Waals surface area contributed by atoms with E-state index in [0.717, 1.165) is 4.90 Å². The summed E-state index contributed by atoms with van der Waals surface area (Å²) in [4.78, 5) is 40.1. The molecule has 0 bridgehead atoms. The molecule has 3 aliphatic rings. The summed E-state index contributed by atoms with van der Waals surface area (Å²) in [5, 5.41) is 15.9. The molecule has 27 heavy (non-hydrogen) atoms. The Labute approximate surface area is 154 Å². The van der Waals surface area contributed by atoms with Crippen LogP contribution in [-0.4, -0.2) is 60.1 Å². The zero-order valence-electron chi connectivity index (χ0n) is 14.9. The highest BCUT2D eigenvalue weighted by Crippen LogP contribution is 2.53. The number of fused-ring (bicyclic) bond motifs is 4. The fourth-order valence-corrected chi connectivity index (χ4v) is 4.58. The number of aliphatic hydroxyl groups is 1. The number of rotatable bonds is 4. The van der Waals surface area contributed by atoms with Crippen molar-refractivity contribution in [2.75, 3.05) is 25.6 Å². The Morgan fingerprint density at radius 1 is 1.33 bits per heavy atom. The number of carbonyl (C=O) groups is 3. The monoisotopic (exact) mass is 377 g/mol. The number of anilines is 1. The molecule has 1 spiro atoms. The number of nitrogens with one attached hydrogen (secondary N) is 2. The van der Waals surface area contributed by atoms with Gasteiger partial charge in [-0.1, -0.05) is 0 Å². The van der Waals surface area contributed by atoms with Gasteiger partial charge in [0.25, 0.3) is 0 Å². The number of aliphatic hydroxyl groups excluding tert-OH is 1. The number of hydrogen-bond donors (Lipinski definition) is 3. The average molecular weight is 377 g/mol. The standard InChI is InChI=1S/C18H20FN3O5/c1-8(23)14-12-13(16(25)22(15(12)24)5-6-27-2)18(21-14)10-7-9(19)3-4-11(10)20-17(18)26/h3-4,7-8,12-14,21,23H,5-6H2,1-2H3,(H,20,26)/t8-,12-,13+,14-,18-/m0/s1. The molecular weight excluding hydrogens is 357 g/mol. The second kappa shape index (κ2) is 6.08. The Hall–Kier alpha value is -2.36. The van der Waals surface area contributed by atoms with E-state index in [1.807, 2.05) is 0 Å². The van der Waals surface area contributed by atoms with Gasteiger partial charge in [-0.2, -0.15) is 0 Å². The minimum atomic E-state index is -1.60. The van der Waals surface area contributed by atoms with Gasteiger partial charge in [0.2, 0.25) is 17.7 Å². The van der Waals surface area contributed by atoms with Gasteiger partial charge in [0.1, 0.15) is 11.4 Å². The topological polar surface area (TPSA) is 108 Å². The highest BCUT2D eigenvalue weighted by molar-refractivity contribution is 6.15. The highest BCUT2D eigenvalue weighted by atomic mass is 19.1. The van der Waals surface area contributed by atoms with Crippen LogP contribution in [0.1, 0.15) is 12.5 Å². The number of amides is 3. The highest BCUT2D eigenvalue weighted by Gasteiger charge is 2.71. The number of halogens is 1. The molecule has 0 radical (unpaired) electrons. The SMILES string of the molecule is COCCN1C(=O)[C@@H]2[C@H]([C@H](C)O)N[C@]3(C(=O)Nc4ccc(F)cc43)[C@H]2C1=O. The van der Waals surface area contributed by atoms with Crippen molar-refractivity contribution in [2.24, 2.45) is 11.8 Å². The molecule has 5 atom stereocenters. The number of methoxy groups -OCH3 is 1. The van der Waals surface area contributed by atoms with Gasteiger partial charge < -0.3 is 15.2 Å². The van der Waals surface area contributed by atoms with E-state index in [4.69, 9.17) is 4.74 Å². The lowest BCUT2D eigenvalue weighted by Crippen LogP contribution is -2.55. The molecule has 3 N–H and O–H groups in total. The fourth-order valence-electron chi connectivity index (χ4n) is 4.58. The van der Waals surface area contributed by atoms with Crippen LogP contribution in [0.5, 0.6) is 0 Å². The van der Waals surface area contributed by atoms with Gasteiger partial charge in [-0.05, 0) is 25.1 Å². The summed E-state index contributed by atoms with van der Waals surface area (Å²) in [5.74, 6) is -4.06. The van der Waals surface area contributed by atoms with E-state index in [1.165, 1.54) is 32.2 Å². The van der Waals surface area contributed by atoms with Crippen molar-refractivity contribution in [3.05, 3.63) is 29.6 Å². The molecule has 3 aliphatic heterocycles. The second-order valence-corrected chi connectivity index (χ2v) is 7.19. The largest absolute Gasteiger partial charge is 0.392 e. The summed E-state index contributed by atoms with van der Waals surface area (Å²) >= 11 is 0. The van der Waals surface area contributed by atoms with Crippen LogP contribution in [0, 0.1) is 17.7 Å². The van der Waals surface area contributed by atoms with Crippen LogP contribution < -0.4 is 10.6 Å². The van der Waals surface area contributed by atoms with Gasteiger partial charge in [0.05, 0.1) is 31.1 Å². The van der Waals surface area contributed by atoms with Crippen LogP contribution in [0.3, 0.4) is 0 Å². The minimum absolute atomic E-state index is 0.0569. The average Bonchev–Trinajstić information content (AvgIpc) is 3.20. The molecular formula is C18H20FN3O5. The lowest BCUT2D eigenvalue weighted by molar-refractivity contribution is -0.143. The summed E-state index contributed by atoms with van der Waals surface area (Å²) < 4.78 is 18.9. The zero-order valence-corrected chi connectivity index (χ0v) is 14.9. The van der Waals surface area contributed by atoms with Crippen LogP contribution >= 0.6 is 0 Å². The number of carbonyl (C=O) groups excluding carboxylic acids is 3. The Kier molecular flexibility index (Phi) is 4.06. The number of nitrogens with zero attached hydrogens (tertiary/aromatic N) is 1. The van der Waals surface area contributed by atoms with Gasteiger partial charge in [-0.15, -0.1) is 0 Å². The molecule has 9 heteroatoms. The summed E-state index contributed by atoms with van der Waals surface area (Å²) in [6.45, 7) is 1.71. The maximum atomic E-state index is 13.9. The van der Waals surface area contributed by atoms with Gasteiger partial charge in [0, 0.05) is 24.4 Å². The van der Waals surface area contributed by atoms with Crippen LogP contribution in [0.25, 0.3) is 0 Å². The second-order valence-electron chi connectivity index (χ2n) is 7.19. The molecule has 2 fully saturated rings. The molecule has 0 unspecified atom stereocenters. The lowest BCUT2D eigenvalue weighted by atomic mass is 9.76. The van der Waals surface area contributed by atoms with E-state index in [0.29, 0.717) is 5.69 Å². The van der Waals surface area contributed by atoms with E-state index in [2.05, 4.69) is 10.6 Å². The third kappa shape index (κ3) is 2.28. The number of hydrogen-bond acceptors (Lipinski definition) is 6. The van der Waals surface area contributed by atoms with Crippen molar-refractivity contribution in [3.63, 3.8) is 0 Å². The van der Waals surface area contributed by atoms with Gasteiger partial charge in [-0.3, -0.25) is 24.6 Å². The predicted molar refractivity (Wildman–Crippen MR) is 90.9 cm³/mol. The van der Waals surface area contributed by atoms with Gasteiger partial charge in [-0.25, -0.2) is 4.39 Å². The van der Waals surface area contributed by atoms with E-state index >= 15 is 0 Å². The number of benzene rings is 1. The normalized spacial score (nSPS) is 32.8. The smallest absolute Gasteiger partial charge is 0.250 e. The third-order valence-corrected chi connectivity index (χ3v) is 5.74. The Morgan fingerprint density at radius 3 is 2.74 bits per heavy atom. The van der Waals surface area contributed by atoms with Crippen molar-refractivity contribution in [1.29, 1.82) is 0 Å². The van der Waals surface area contributed by atoms with Crippen molar-refractivity contribution in [1.82, 2.24) is 10.2 Å². The maximum Gasteiger partial charge on any atom is 0.250 e. The van der Waals surface area contributed by atoms with Crippen LogP contribution in [0.2, 0.25) is 0 Å². The Morgan fingerprint density at radius 2 is 2.07 bits per heavy atom. The molecule has 1 aromatic rings. The third-order valence-electron chi connectivity index (χ3n) is 5.74. The van der Waals surface area contributed by atoms with Crippen molar-refractivity contribution >= 4 is 23.4 Å². The molecule has 0 aliphatic carbocycles. The molecule has 144 valence electrons. The van der Waals surface area contributed by atoms with Crippen molar-refractivity contribution in [2.45, 2.75) is 24.6 Å². The first-order chi connectivity index (χ1) is 12.8. The van der Waals surface area contributed by atoms with Crippen LogP contribution in [-0.2, 0) is 24.7 Å². The number of imide groups is 1. The number of ether oxygens (including phenoxy) is 1. The molecule has 4 rings (SSSR count). The first-order valence-electron chi connectivity index (χ1n) is 8.74. The predicted octanol–water partition coefficient (Wildman–Crippen LogP) is -0.427. The lowest BCUT2D eigenvalue weighted by Gasteiger charge is -2.30. The minimum Gasteiger partial charge on any atom is -0.392 e. The van der Waals surface area contributed by atoms with E-state index in [-0.39, 0.29) is 18.7 Å². The molecule has 0 saturated carbocycles. The molecule has 0 aromatic heterocycles. The van der Waals surface area contributed by atoms with Crippen molar-refractivity contribution in [3.8, 4) is 0 Å². The van der Waals surface area contributed by atoms with Crippen LogP contribution in [0.15, 0.2) is 18.2 Å².